The Morgan fingerprint density at radius 2 is 1.41 bits per heavy atom. The van der Waals surface area contributed by atoms with Crippen LogP contribution in [0, 0.1) is 0 Å². The summed E-state index contributed by atoms with van der Waals surface area (Å²) in [5.74, 6) is -3.11. The Labute approximate surface area is 96.7 Å². The number of carboxylic acids is 1. The van der Waals surface area contributed by atoms with Crippen LogP contribution in [0.15, 0.2) is 0 Å². The van der Waals surface area contributed by atoms with Crippen molar-refractivity contribution in [3.63, 3.8) is 0 Å². The first kappa shape index (κ1) is 15.9. The lowest BCUT2D eigenvalue weighted by Gasteiger charge is -2.27. The van der Waals surface area contributed by atoms with Gasteiger partial charge in [0, 0.05) is 6.42 Å². The van der Waals surface area contributed by atoms with Crippen molar-refractivity contribution in [1.82, 2.24) is 0 Å². The largest absolute Gasteiger partial charge is 0.475 e. The van der Waals surface area contributed by atoms with E-state index in [0.29, 0.717) is 0 Å². The lowest BCUT2D eigenvalue weighted by molar-refractivity contribution is -0.154. The van der Waals surface area contributed by atoms with E-state index in [1.807, 2.05) is 0 Å². The first-order chi connectivity index (χ1) is 7.68. The monoisotopic (exact) mass is 252 g/mol. The third kappa shape index (κ3) is 4.75. The smallest absolute Gasteiger partial charge is 0.372 e. The van der Waals surface area contributed by atoms with Crippen molar-refractivity contribution in [2.24, 2.45) is 0 Å². The summed E-state index contributed by atoms with van der Waals surface area (Å²) in [6.07, 6.45) is -9.67. The molecule has 0 saturated carbocycles. The Hall–Kier alpha value is -1.06. The number of carboxylic acid groups (broad SMARTS) is 1. The summed E-state index contributed by atoms with van der Waals surface area (Å²) in [5, 5.41) is 54.2. The Bertz CT molecular complexity index is 276. The molecule has 0 aromatic carbocycles. The number of aliphatic carboxylic acids is 1. The number of ketones is 1. The second-order valence-corrected chi connectivity index (χ2v) is 3.71. The highest BCUT2D eigenvalue weighted by atomic mass is 16.4. The fourth-order valence-electron chi connectivity index (χ4n) is 1.11. The number of carbonyl (C=O) groups is 2. The van der Waals surface area contributed by atoms with Gasteiger partial charge in [0.05, 0.1) is 12.2 Å². The van der Waals surface area contributed by atoms with Crippen LogP contribution in [0.4, 0.5) is 0 Å². The van der Waals surface area contributed by atoms with Crippen LogP contribution >= 0.6 is 0 Å². The van der Waals surface area contributed by atoms with Crippen LogP contribution in [-0.4, -0.2) is 72.9 Å². The topological polar surface area (TPSA) is 156 Å². The van der Waals surface area contributed by atoms with Crippen molar-refractivity contribution in [3.05, 3.63) is 0 Å². The molecule has 5 atom stereocenters. The molecule has 8 heteroatoms. The van der Waals surface area contributed by atoms with E-state index in [2.05, 4.69) is 0 Å². The van der Waals surface area contributed by atoms with E-state index in [-0.39, 0.29) is 0 Å². The zero-order chi connectivity index (χ0) is 13.7. The zero-order valence-electron chi connectivity index (χ0n) is 9.09. The number of hydrogen-bond acceptors (Lipinski definition) is 7. The number of carbonyl (C=O) groups excluding carboxylic acids is 1. The van der Waals surface area contributed by atoms with Gasteiger partial charge in [0.2, 0.25) is 5.78 Å². The highest BCUT2D eigenvalue weighted by Crippen LogP contribution is 2.10. The number of rotatable bonds is 7. The summed E-state index contributed by atoms with van der Waals surface area (Å²) in [7, 11) is 0. The van der Waals surface area contributed by atoms with Gasteiger partial charge < -0.3 is 30.6 Å². The third-order valence-electron chi connectivity index (χ3n) is 2.22. The molecule has 17 heavy (non-hydrogen) atoms. The summed E-state index contributed by atoms with van der Waals surface area (Å²) in [6.45, 7) is 1.15. The second-order valence-electron chi connectivity index (χ2n) is 3.71. The molecule has 0 heterocycles. The van der Waals surface area contributed by atoms with Gasteiger partial charge in [-0.25, -0.2) is 4.79 Å². The Morgan fingerprint density at radius 3 is 1.76 bits per heavy atom. The summed E-state index contributed by atoms with van der Waals surface area (Å²) >= 11 is 0. The van der Waals surface area contributed by atoms with E-state index in [1.165, 1.54) is 0 Å². The van der Waals surface area contributed by atoms with Crippen molar-refractivity contribution in [3.8, 4) is 0 Å². The average molecular weight is 252 g/mol. The van der Waals surface area contributed by atoms with Crippen molar-refractivity contribution in [1.29, 1.82) is 0 Å². The SMILES string of the molecule is C[C@@H](O)[C@H](O)[C@@H](O)[C@@H](O)[C@H](O)CC(=O)C(=O)O. The Kier molecular flexibility index (Phi) is 6.21. The molecule has 100 valence electrons. The van der Waals surface area contributed by atoms with Gasteiger partial charge in [-0.15, -0.1) is 0 Å². The van der Waals surface area contributed by atoms with Crippen LogP contribution < -0.4 is 0 Å². The van der Waals surface area contributed by atoms with Gasteiger partial charge in [-0.05, 0) is 6.92 Å². The third-order valence-corrected chi connectivity index (χ3v) is 2.22. The molecule has 0 saturated heterocycles. The van der Waals surface area contributed by atoms with E-state index >= 15 is 0 Å². The molecule has 0 aromatic rings. The molecule has 8 nitrogen and oxygen atoms in total. The molecular formula is C9H16O8. The van der Waals surface area contributed by atoms with Gasteiger partial charge in [0.1, 0.15) is 18.3 Å². The maximum atomic E-state index is 10.7. The van der Waals surface area contributed by atoms with Gasteiger partial charge in [-0.1, -0.05) is 0 Å². The standard InChI is InChI=1S/C9H16O8/c1-3(10)6(13)8(15)7(14)4(11)2-5(12)9(16)17/h3-4,6-8,10-11,13-15H,2H2,1H3,(H,16,17)/t3-,4-,6+,7+,8-/m1/s1. The Balaban J connectivity index is 4.44. The van der Waals surface area contributed by atoms with Crippen LogP contribution in [0.25, 0.3) is 0 Å². The summed E-state index contributed by atoms with van der Waals surface area (Å²) < 4.78 is 0. The van der Waals surface area contributed by atoms with Gasteiger partial charge in [0.15, 0.2) is 0 Å². The minimum atomic E-state index is -1.94. The minimum absolute atomic E-state index is 0.903. The number of Topliss-reactive ketones (excluding diaryl/α,β-unsaturated/α-hetero) is 1. The predicted octanol–water partition coefficient (Wildman–Crippen LogP) is -3.15. The van der Waals surface area contributed by atoms with Gasteiger partial charge >= 0.3 is 5.97 Å². The zero-order valence-corrected chi connectivity index (χ0v) is 9.09. The minimum Gasteiger partial charge on any atom is -0.475 e. The van der Waals surface area contributed by atoms with Gasteiger partial charge in [-0.2, -0.15) is 0 Å². The Morgan fingerprint density at radius 1 is 0.941 bits per heavy atom. The lowest BCUT2D eigenvalue weighted by atomic mass is 9.97. The van der Waals surface area contributed by atoms with Crippen molar-refractivity contribution in [2.75, 3.05) is 0 Å². The van der Waals surface area contributed by atoms with Crippen LogP contribution in [0.5, 0.6) is 0 Å². The lowest BCUT2D eigenvalue weighted by Crippen LogP contribution is -2.49. The van der Waals surface area contributed by atoms with Gasteiger partial charge in [0.25, 0.3) is 0 Å². The van der Waals surface area contributed by atoms with Crippen molar-refractivity contribution < 1.29 is 40.2 Å². The maximum absolute atomic E-state index is 10.7. The normalized spacial score (nSPS) is 20.1. The molecule has 0 unspecified atom stereocenters. The highest BCUT2D eigenvalue weighted by Gasteiger charge is 2.34. The van der Waals surface area contributed by atoms with Crippen LogP contribution in [0.1, 0.15) is 13.3 Å². The highest BCUT2D eigenvalue weighted by molar-refractivity contribution is 6.32. The molecule has 0 amide bonds. The molecule has 0 rings (SSSR count). The molecule has 0 aliphatic rings. The molecule has 0 aliphatic heterocycles. The van der Waals surface area contributed by atoms with Crippen LogP contribution in [0.3, 0.4) is 0 Å². The molecule has 6 N–H and O–H groups in total. The summed E-state index contributed by atoms with van der Waals surface area (Å²) in [4.78, 5) is 20.9. The molecule has 0 bridgehead atoms. The van der Waals surface area contributed by atoms with E-state index in [1.54, 1.807) is 0 Å². The molecular weight excluding hydrogens is 236 g/mol. The van der Waals surface area contributed by atoms with Crippen LogP contribution in [0.2, 0.25) is 0 Å². The molecule has 0 spiro atoms. The quantitative estimate of drug-likeness (QED) is 0.259. The molecule has 0 aromatic heterocycles. The summed E-state index contributed by atoms with van der Waals surface area (Å²) in [6, 6.07) is 0. The predicted molar refractivity (Wildman–Crippen MR) is 53.0 cm³/mol. The van der Waals surface area contributed by atoms with Crippen LogP contribution in [-0.2, 0) is 9.59 Å². The van der Waals surface area contributed by atoms with E-state index in [0.717, 1.165) is 6.92 Å². The molecule has 0 radical (unpaired) electrons. The first-order valence-corrected chi connectivity index (χ1v) is 4.85. The van der Waals surface area contributed by atoms with E-state index in [4.69, 9.17) is 10.2 Å². The van der Waals surface area contributed by atoms with Crippen molar-refractivity contribution in [2.45, 2.75) is 43.9 Å². The fraction of sp³-hybridized carbons (Fsp3) is 0.778. The molecule has 0 aliphatic carbocycles. The maximum Gasteiger partial charge on any atom is 0.372 e. The first-order valence-electron chi connectivity index (χ1n) is 4.85. The second kappa shape index (κ2) is 6.62. The number of aliphatic hydroxyl groups is 5. The van der Waals surface area contributed by atoms with Gasteiger partial charge in [-0.3, -0.25) is 4.79 Å². The number of aliphatic hydroxyl groups excluding tert-OH is 5. The van der Waals surface area contributed by atoms with Crippen molar-refractivity contribution >= 4 is 11.8 Å². The molecule has 0 fully saturated rings. The summed E-state index contributed by atoms with van der Waals surface area (Å²) in [5.41, 5.74) is 0. The van der Waals surface area contributed by atoms with E-state index in [9.17, 15) is 30.0 Å². The average Bonchev–Trinajstić information content (AvgIpc) is 2.25. The fourth-order valence-corrected chi connectivity index (χ4v) is 1.11. The van der Waals surface area contributed by atoms with E-state index < -0.39 is 48.7 Å². The number of hydrogen-bond donors (Lipinski definition) is 6.